The third-order valence-electron chi connectivity index (χ3n) is 2.99. The van der Waals surface area contributed by atoms with Gasteiger partial charge in [-0.3, -0.25) is 4.79 Å². The zero-order valence-electron chi connectivity index (χ0n) is 9.20. The second kappa shape index (κ2) is 5.02. The molecule has 92 valence electrons. The van der Waals surface area contributed by atoms with Gasteiger partial charge in [0.25, 0.3) is 5.91 Å². The molecule has 17 heavy (non-hydrogen) atoms. The van der Waals surface area contributed by atoms with Crippen molar-refractivity contribution in [1.29, 1.82) is 0 Å². The van der Waals surface area contributed by atoms with Gasteiger partial charge >= 0.3 is 0 Å². The molecule has 3 nitrogen and oxygen atoms in total. The van der Waals surface area contributed by atoms with Crippen molar-refractivity contribution in [2.45, 2.75) is 6.42 Å². The second-order valence-corrected chi connectivity index (χ2v) is 4.62. The van der Waals surface area contributed by atoms with E-state index in [0.29, 0.717) is 18.7 Å². The lowest BCUT2D eigenvalue weighted by Crippen LogP contribution is -2.29. The summed E-state index contributed by atoms with van der Waals surface area (Å²) in [6, 6.07) is 3.75. The van der Waals surface area contributed by atoms with Crippen molar-refractivity contribution >= 4 is 17.5 Å². The normalized spacial score (nSPS) is 19.7. The molecule has 5 heteroatoms. The molecule has 1 aliphatic rings. The minimum Gasteiger partial charge on any atom is -0.396 e. The Morgan fingerprint density at radius 1 is 1.59 bits per heavy atom. The minimum absolute atomic E-state index is 0.0843. The van der Waals surface area contributed by atoms with Crippen molar-refractivity contribution in [1.82, 2.24) is 4.90 Å². The van der Waals surface area contributed by atoms with Gasteiger partial charge in [-0.2, -0.15) is 0 Å². The average Bonchev–Trinajstić information content (AvgIpc) is 2.76. The third-order valence-corrected chi connectivity index (χ3v) is 3.31. The molecular formula is C12H13ClFNO2. The van der Waals surface area contributed by atoms with Crippen LogP contribution in [0, 0.1) is 11.7 Å². The van der Waals surface area contributed by atoms with E-state index in [0.717, 1.165) is 12.5 Å². The summed E-state index contributed by atoms with van der Waals surface area (Å²) in [4.78, 5) is 13.7. The highest BCUT2D eigenvalue weighted by molar-refractivity contribution is 6.33. The molecule has 1 unspecified atom stereocenters. The summed E-state index contributed by atoms with van der Waals surface area (Å²) in [7, 11) is 0. The Hall–Kier alpha value is -1.13. The lowest BCUT2D eigenvalue weighted by Gasteiger charge is -2.16. The number of amides is 1. The highest BCUT2D eigenvalue weighted by Gasteiger charge is 2.27. The number of carbonyl (C=O) groups is 1. The first-order chi connectivity index (χ1) is 8.11. The lowest BCUT2D eigenvalue weighted by atomic mass is 10.1. The highest BCUT2D eigenvalue weighted by atomic mass is 35.5. The predicted molar refractivity (Wildman–Crippen MR) is 62.5 cm³/mol. The van der Waals surface area contributed by atoms with E-state index >= 15 is 0 Å². The zero-order valence-corrected chi connectivity index (χ0v) is 9.95. The fourth-order valence-corrected chi connectivity index (χ4v) is 2.25. The molecule has 0 bridgehead atoms. The van der Waals surface area contributed by atoms with E-state index in [4.69, 9.17) is 16.7 Å². The smallest absolute Gasteiger partial charge is 0.255 e. The van der Waals surface area contributed by atoms with E-state index < -0.39 is 5.82 Å². The number of aliphatic hydroxyl groups is 1. The Morgan fingerprint density at radius 2 is 2.35 bits per heavy atom. The molecule has 2 rings (SSSR count). The Kier molecular flexibility index (Phi) is 3.64. The van der Waals surface area contributed by atoms with Crippen LogP contribution >= 0.6 is 11.6 Å². The molecular weight excluding hydrogens is 245 g/mol. The number of benzene rings is 1. The monoisotopic (exact) mass is 257 g/mol. The quantitative estimate of drug-likeness (QED) is 0.880. The summed E-state index contributed by atoms with van der Waals surface area (Å²) < 4.78 is 12.9. The summed E-state index contributed by atoms with van der Waals surface area (Å²) in [6.07, 6.45) is 0.793. The number of halogens is 2. The van der Waals surface area contributed by atoms with Gasteiger partial charge in [0.15, 0.2) is 0 Å². The lowest BCUT2D eigenvalue weighted by molar-refractivity contribution is 0.0782. The van der Waals surface area contributed by atoms with Crippen LogP contribution in [0.15, 0.2) is 18.2 Å². The number of hydrogen-bond acceptors (Lipinski definition) is 2. The minimum atomic E-state index is -0.457. The molecule has 1 saturated heterocycles. The number of rotatable bonds is 2. The molecule has 1 aromatic rings. The topological polar surface area (TPSA) is 40.5 Å². The Bertz CT molecular complexity index is 439. The number of hydrogen-bond donors (Lipinski definition) is 1. The fourth-order valence-electron chi connectivity index (χ4n) is 2.00. The molecule has 1 aromatic carbocycles. The van der Waals surface area contributed by atoms with Crippen molar-refractivity contribution in [3.8, 4) is 0 Å². The van der Waals surface area contributed by atoms with Gasteiger partial charge in [0, 0.05) is 25.6 Å². The summed E-state index contributed by atoms with van der Waals surface area (Å²) in [5.74, 6) is -0.523. The van der Waals surface area contributed by atoms with Crippen LogP contribution < -0.4 is 0 Å². The third kappa shape index (κ3) is 2.58. The van der Waals surface area contributed by atoms with Crippen molar-refractivity contribution < 1.29 is 14.3 Å². The number of likely N-dealkylation sites (tertiary alicyclic amines) is 1. The van der Waals surface area contributed by atoms with E-state index in [1.807, 2.05) is 0 Å². The van der Waals surface area contributed by atoms with Crippen LogP contribution in [0.25, 0.3) is 0 Å². The average molecular weight is 258 g/mol. The van der Waals surface area contributed by atoms with Gasteiger partial charge in [-0.05, 0) is 24.6 Å². The van der Waals surface area contributed by atoms with E-state index in [1.54, 1.807) is 4.90 Å². The maximum Gasteiger partial charge on any atom is 0.255 e. The van der Waals surface area contributed by atoms with E-state index in [2.05, 4.69) is 0 Å². The first-order valence-corrected chi connectivity index (χ1v) is 5.85. The van der Waals surface area contributed by atoms with Gasteiger partial charge < -0.3 is 10.0 Å². The molecule has 0 saturated carbocycles. The van der Waals surface area contributed by atoms with E-state index in [9.17, 15) is 9.18 Å². The maximum absolute atomic E-state index is 12.9. The molecule has 0 aliphatic carbocycles. The van der Waals surface area contributed by atoms with Crippen LogP contribution in [-0.4, -0.2) is 35.6 Å². The van der Waals surface area contributed by atoms with Gasteiger partial charge in [-0.25, -0.2) is 4.39 Å². The van der Waals surface area contributed by atoms with Gasteiger partial charge in [0.1, 0.15) is 5.82 Å². The zero-order chi connectivity index (χ0) is 12.4. The molecule has 0 spiro atoms. The molecule has 1 fully saturated rings. The summed E-state index contributed by atoms with van der Waals surface area (Å²) in [5, 5.41) is 9.14. The Balaban J connectivity index is 2.15. The molecule has 1 aliphatic heterocycles. The van der Waals surface area contributed by atoms with Crippen molar-refractivity contribution in [3.63, 3.8) is 0 Å². The van der Waals surface area contributed by atoms with Crippen LogP contribution in [0.2, 0.25) is 5.02 Å². The van der Waals surface area contributed by atoms with Gasteiger partial charge in [-0.1, -0.05) is 11.6 Å². The molecule has 1 N–H and O–H groups in total. The van der Waals surface area contributed by atoms with Crippen LogP contribution in [0.4, 0.5) is 4.39 Å². The molecule has 1 atom stereocenters. The highest BCUT2D eigenvalue weighted by Crippen LogP contribution is 2.23. The predicted octanol–water partition coefficient (Wildman–Crippen LogP) is 1.93. The van der Waals surface area contributed by atoms with Crippen LogP contribution in [0.1, 0.15) is 16.8 Å². The maximum atomic E-state index is 12.9. The van der Waals surface area contributed by atoms with Crippen LogP contribution in [0.5, 0.6) is 0 Å². The van der Waals surface area contributed by atoms with Crippen molar-refractivity contribution in [2.24, 2.45) is 5.92 Å². The SMILES string of the molecule is O=C(c1ccc(F)cc1Cl)N1CCC(CO)C1. The number of carbonyl (C=O) groups excluding carboxylic acids is 1. The van der Waals surface area contributed by atoms with E-state index in [-0.39, 0.29) is 23.5 Å². The van der Waals surface area contributed by atoms with Crippen molar-refractivity contribution in [3.05, 3.63) is 34.6 Å². The first kappa shape index (κ1) is 12.3. The second-order valence-electron chi connectivity index (χ2n) is 4.21. The van der Waals surface area contributed by atoms with Crippen molar-refractivity contribution in [2.75, 3.05) is 19.7 Å². The molecule has 1 amide bonds. The van der Waals surface area contributed by atoms with Gasteiger partial charge in [-0.15, -0.1) is 0 Å². The molecule has 1 heterocycles. The van der Waals surface area contributed by atoms with Crippen LogP contribution in [0.3, 0.4) is 0 Å². The summed E-state index contributed by atoms with van der Waals surface area (Å²) in [5.41, 5.74) is 0.312. The van der Waals surface area contributed by atoms with Gasteiger partial charge in [0.2, 0.25) is 0 Å². The number of nitrogens with zero attached hydrogens (tertiary/aromatic N) is 1. The molecule has 0 aromatic heterocycles. The Labute approximate surface area is 104 Å². The fraction of sp³-hybridized carbons (Fsp3) is 0.417. The van der Waals surface area contributed by atoms with E-state index in [1.165, 1.54) is 12.1 Å². The first-order valence-electron chi connectivity index (χ1n) is 5.47. The largest absolute Gasteiger partial charge is 0.396 e. The standard InChI is InChI=1S/C12H13ClFNO2/c13-11-5-9(14)1-2-10(11)12(17)15-4-3-8(6-15)7-16/h1-2,5,8,16H,3-4,6-7H2. The van der Waals surface area contributed by atoms with Crippen LogP contribution in [-0.2, 0) is 0 Å². The summed E-state index contributed by atoms with van der Waals surface area (Å²) >= 11 is 5.84. The van der Waals surface area contributed by atoms with Gasteiger partial charge in [0.05, 0.1) is 10.6 Å². The Morgan fingerprint density at radius 3 is 2.94 bits per heavy atom. The summed E-state index contributed by atoms with van der Waals surface area (Å²) in [6.45, 7) is 1.22. The number of aliphatic hydroxyl groups excluding tert-OH is 1. The molecule has 0 radical (unpaired) electrons.